The van der Waals surface area contributed by atoms with Crippen molar-refractivity contribution in [1.29, 1.82) is 0 Å². The summed E-state index contributed by atoms with van der Waals surface area (Å²) in [7, 11) is 4.69. The Labute approximate surface area is 232 Å². The van der Waals surface area contributed by atoms with Crippen LogP contribution in [0.4, 0.5) is 10.5 Å². The van der Waals surface area contributed by atoms with E-state index in [1.807, 2.05) is 12.1 Å². The van der Waals surface area contributed by atoms with Crippen LogP contribution in [0.5, 0.6) is 0 Å². The Bertz CT molecular complexity index is 1330. The summed E-state index contributed by atoms with van der Waals surface area (Å²) in [4.78, 5) is 55.2. The predicted molar refractivity (Wildman–Crippen MR) is 149 cm³/mol. The van der Waals surface area contributed by atoms with Crippen molar-refractivity contribution in [3.8, 4) is 0 Å². The van der Waals surface area contributed by atoms with E-state index in [9.17, 15) is 19.2 Å². The van der Waals surface area contributed by atoms with E-state index in [1.165, 1.54) is 18.1 Å². The van der Waals surface area contributed by atoms with Crippen LogP contribution in [0.25, 0.3) is 5.57 Å². The average molecular weight is 549 g/mol. The molecule has 2 aromatic rings. The third-order valence-electron chi connectivity index (χ3n) is 6.01. The van der Waals surface area contributed by atoms with Gasteiger partial charge in [-0.2, -0.15) is 4.99 Å². The molecule has 0 spiro atoms. The number of anilines is 1. The number of amides is 3. The van der Waals surface area contributed by atoms with Gasteiger partial charge >= 0.3 is 12.1 Å². The number of benzene rings is 2. The second-order valence-electron chi connectivity index (χ2n) is 8.95. The maximum Gasteiger partial charge on any atom is 0.435 e. The van der Waals surface area contributed by atoms with E-state index in [2.05, 4.69) is 11.6 Å². The first-order chi connectivity index (χ1) is 19.1. The predicted octanol–water partition coefficient (Wildman–Crippen LogP) is 2.68. The van der Waals surface area contributed by atoms with E-state index in [1.54, 1.807) is 55.4 Å². The van der Waals surface area contributed by atoms with Crippen molar-refractivity contribution < 1.29 is 33.4 Å². The van der Waals surface area contributed by atoms with Gasteiger partial charge in [0.15, 0.2) is 6.61 Å². The minimum absolute atomic E-state index is 0.0137. The summed E-state index contributed by atoms with van der Waals surface area (Å²) in [5.74, 6) is -0.481. The molecule has 1 heterocycles. The number of nitrogens with two attached hydrogens (primary N) is 1. The van der Waals surface area contributed by atoms with Crippen LogP contribution in [0.3, 0.4) is 0 Å². The largest absolute Gasteiger partial charge is 0.498 e. The molecule has 0 saturated carbocycles. The highest BCUT2D eigenvalue weighted by molar-refractivity contribution is 6.29. The van der Waals surface area contributed by atoms with Crippen molar-refractivity contribution in [2.45, 2.75) is 12.8 Å². The van der Waals surface area contributed by atoms with Crippen molar-refractivity contribution in [1.82, 2.24) is 4.90 Å². The number of carbonyl (C=O) groups is 4. The Balaban J connectivity index is 1.65. The van der Waals surface area contributed by atoms with Crippen LogP contribution in [0, 0.1) is 0 Å². The zero-order chi connectivity index (χ0) is 29.2. The van der Waals surface area contributed by atoms with Crippen molar-refractivity contribution >= 4 is 41.0 Å². The number of esters is 1. The Kier molecular flexibility index (Phi) is 10.2. The van der Waals surface area contributed by atoms with Gasteiger partial charge in [-0.25, -0.2) is 4.79 Å². The molecule has 2 aromatic carbocycles. The number of amidine groups is 1. The molecule has 40 heavy (non-hydrogen) atoms. The average Bonchev–Trinajstić information content (AvgIpc) is 3.29. The summed E-state index contributed by atoms with van der Waals surface area (Å²) in [6.45, 7) is 3.44. The van der Waals surface area contributed by atoms with Crippen LogP contribution in [0.2, 0.25) is 0 Å². The molecule has 0 fully saturated rings. The van der Waals surface area contributed by atoms with Gasteiger partial charge in [-0.3, -0.25) is 14.4 Å². The number of nitrogens with zero attached hydrogens (tertiary/aromatic N) is 3. The maximum atomic E-state index is 13.4. The Morgan fingerprint density at radius 1 is 1.07 bits per heavy atom. The lowest BCUT2D eigenvalue weighted by Gasteiger charge is -2.17. The molecule has 0 bridgehead atoms. The standard InChI is InChI=1S/C29H32N4O7/c1-5-16-39-29(37)31-27(30)21-11-13-22(14-12-21)33-17-23(38-4)26(28(33)36)20-9-6-19(7-10-20)8-15-25(35)40-18-24(34)32(2)3/h5-7,9-14H,1,8,15-18H2,2-4H3,(H2,30,31,37). The van der Waals surface area contributed by atoms with Crippen molar-refractivity contribution in [2.75, 3.05) is 45.9 Å². The monoisotopic (exact) mass is 548 g/mol. The molecule has 2 N–H and O–H groups in total. The quantitative estimate of drug-likeness (QED) is 0.196. The molecule has 11 heteroatoms. The zero-order valence-corrected chi connectivity index (χ0v) is 22.7. The Morgan fingerprint density at radius 3 is 2.35 bits per heavy atom. The number of hydrogen-bond acceptors (Lipinski definition) is 7. The fourth-order valence-corrected chi connectivity index (χ4v) is 3.77. The lowest BCUT2D eigenvalue weighted by Crippen LogP contribution is -2.27. The van der Waals surface area contributed by atoms with Crippen LogP contribution in [0.15, 0.2) is 71.9 Å². The molecule has 11 nitrogen and oxygen atoms in total. The molecule has 0 unspecified atom stereocenters. The van der Waals surface area contributed by atoms with Gasteiger partial charge in [0.05, 0.1) is 19.2 Å². The van der Waals surface area contributed by atoms with E-state index in [-0.39, 0.29) is 43.8 Å². The third kappa shape index (κ3) is 7.56. The first-order valence-corrected chi connectivity index (χ1v) is 12.4. The highest BCUT2D eigenvalue weighted by Gasteiger charge is 2.33. The number of aliphatic imine (C=N–C) groups is 1. The smallest absolute Gasteiger partial charge is 0.435 e. The number of aryl methyl sites for hydroxylation is 1. The van der Waals surface area contributed by atoms with Gasteiger partial charge in [0.2, 0.25) is 0 Å². The molecule has 3 amide bonds. The number of rotatable bonds is 11. The van der Waals surface area contributed by atoms with Gasteiger partial charge in [0, 0.05) is 31.8 Å². The summed E-state index contributed by atoms with van der Waals surface area (Å²) in [5, 5.41) is 0. The minimum atomic E-state index is -0.822. The molecule has 3 rings (SSSR count). The molecule has 0 radical (unpaired) electrons. The summed E-state index contributed by atoms with van der Waals surface area (Å²) in [6, 6.07) is 14.0. The van der Waals surface area contributed by atoms with E-state index < -0.39 is 12.1 Å². The van der Waals surface area contributed by atoms with Crippen LogP contribution in [0.1, 0.15) is 23.1 Å². The summed E-state index contributed by atoms with van der Waals surface area (Å²) in [6.07, 6.45) is 1.15. The number of ether oxygens (including phenoxy) is 3. The molecule has 0 atom stereocenters. The maximum absolute atomic E-state index is 13.4. The normalized spacial score (nSPS) is 13.2. The van der Waals surface area contributed by atoms with Gasteiger partial charge < -0.3 is 29.7 Å². The fraction of sp³-hybridized carbons (Fsp3) is 0.276. The third-order valence-corrected chi connectivity index (χ3v) is 6.01. The SMILES string of the molecule is C=CCOC(=O)N=C(N)c1ccc(N2CC(OC)=C(c3ccc(CCC(=O)OCC(=O)N(C)C)cc3)C2=O)cc1. The minimum Gasteiger partial charge on any atom is -0.498 e. The zero-order valence-electron chi connectivity index (χ0n) is 22.7. The lowest BCUT2D eigenvalue weighted by molar-refractivity contribution is -0.151. The van der Waals surface area contributed by atoms with E-state index >= 15 is 0 Å². The van der Waals surface area contributed by atoms with Gasteiger partial charge in [0.1, 0.15) is 18.2 Å². The van der Waals surface area contributed by atoms with Crippen molar-refractivity contribution in [3.05, 3.63) is 83.6 Å². The first-order valence-electron chi connectivity index (χ1n) is 12.4. The van der Waals surface area contributed by atoms with Crippen molar-refractivity contribution in [2.24, 2.45) is 10.7 Å². The topological polar surface area (TPSA) is 141 Å². The second kappa shape index (κ2) is 13.7. The van der Waals surface area contributed by atoms with Crippen LogP contribution in [-0.2, 0) is 35.0 Å². The molecule has 210 valence electrons. The van der Waals surface area contributed by atoms with Gasteiger partial charge in [-0.1, -0.05) is 36.9 Å². The van der Waals surface area contributed by atoms with Gasteiger partial charge in [-0.05, 0) is 41.8 Å². The van der Waals surface area contributed by atoms with Gasteiger partial charge in [-0.15, -0.1) is 0 Å². The summed E-state index contributed by atoms with van der Waals surface area (Å²) in [5.41, 5.74) is 9.01. The molecule has 1 aliphatic rings. The molecule has 0 aliphatic carbocycles. The number of methoxy groups -OCH3 is 1. The number of carbonyl (C=O) groups excluding carboxylic acids is 4. The van der Waals surface area contributed by atoms with E-state index in [0.29, 0.717) is 34.6 Å². The van der Waals surface area contributed by atoms with Crippen LogP contribution < -0.4 is 10.6 Å². The first kappa shape index (κ1) is 29.6. The number of likely N-dealkylation sites (N-methyl/N-ethyl adjacent to an activating group) is 1. The number of hydrogen-bond donors (Lipinski definition) is 1. The summed E-state index contributed by atoms with van der Waals surface area (Å²) < 4.78 is 15.3. The molecule has 1 aliphatic heterocycles. The molecular weight excluding hydrogens is 516 g/mol. The highest BCUT2D eigenvalue weighted by Crippen LogP contribution is 2.32. The molecular formula is C29H32N4O7. The van der Waals surface area contributed by atoms with Crippen LogP contribution >= 0.6 is 0 Å². The molecule has 0 saturated heterocycles. The van der Waals surface area contributed by atoms with E-state index in [0.717, 1.165) is 5.56 Å². The fourth-order valence-electron chi connectivity index (χ4n) is 3.77. The lowest BCUT2D eigenvalue weighted by atomic mass is 10.0. The van der Waals surface area contributed by atoms with E-state index in [4.69, 9.17) is 19.9 Å². The molecule has 0 aromatic heterocycles. The van der Waals surface area contributed by atoms with Crippen LogP contribution in [-0.4, -0.2) is 75.6 Å². The van der Waals surface area contributed by atoms with Crippen molar-refractivity contribution in [3.63, 3.8) is 0 Å². The Hall–Kier alpha value is -4.93. The van der Waals surface area contributed by atoms with Gasteiger partial charge in [0.25, 0.3) is 11.8 Å². The highest BCUT2D eigenvalue weighted by atomic mass is 16.5. The second-order valence-corrected chi connectivity index (χ2v) is 8.95. The Morgan fingerprint density at radius 2 is 1.75 bits per heavy atom. The summed E-state index contributed by atoms with van der Waals surface area (Å²) >= 11 is 0.